The van der Waals surface area contributed by atoms with E-state index >= 15 is 0 Å². The maximum absolute atomic E-state index is 11.7. The first-order valence-corrected chi connectivity index (χ1v) is 7.71. The van der Waals surface area contributed by atoms with Crippen LogP contribution in [0.2, 0.25) is 0 Å². The van der Waals surface area contributed by atoms with Gasteiger partial charge in [-0.05, 0) is 59.4 Å². The van der Waals surface area contributed by atoms with E-state index in [0.717, 1.165) is 25.8 Å². The molecule has 0 radical (unpaired) electrons. The van der Waals surface area contributed by atoms with Crippen molar-refractivity contribution in [2.24, 2.45) is 0 Å². The van der Waals surface area contributed by atoms with Crippen molar-refractivity contribution in [3.8, 4) is 0 Å². The lowest BCUT2D eigenvalue weighted by atomic mass is 9.95. The summed E-state index contributed by atoms with van der Waals surface area (Å²) in [4.78, 5) is 14.2. The number of piperidine rings is 1. The smallest absolute Gasteiger partial charge is 0.323 e. The largest absolute Gasteiger partial charge is 0.480 e. The highest BCUT2D eigenvalue weighted by Gasteiger charge is 2.47. The summed E-state index contributed by atoms with van der Waals surface area (Å²) in [6.45, 7) is 7.49. The predicted octanol–water partition coefficient (Wildman–Crippen LogP) is 2.23. The Bertz CT molecular complexity index is 332. The third-order valence-electron chi connectivity index (χ3n) is 4.79. The monoisotopic (exact) mass is 268 g/mol. The van der Waals surface area contributed by atoms with E-state index in [1.165, 1.54) is 19.3 Å². The normalized spacial score (nSPS) is 36.8. The lowest BCUT2D eigenvalue weighted by Gasteiger charge is -2.39. The van der Waals surface area contributed by atoms with Crippen molar-refractivity contribution in [2.45, 2.75) is 83.0 Å². The van der Waals surface area contributed by atoms with Crippen LogP contribution in [0.25, 0.3) is 0 Å². The van der Waals surface area contributed by atoms with Gasteiger partial charge in [-0.1, -0.05) is 6.42 Å². The molecule has 2 rings (SSSR count). The Balaban J connectivity index is 2.05. The Labute approximate surface area is 116 Å². The molecule has 1 saturated carbocycles. The molecule has 110 valence electrons. The zero-order valence-electron chi connectivity index (χ0n) is 12.5. The van der Waals surface area contributed by atoms with Gasteiger partial charge in [0.1, 0.15) is 5.54 Å². The van der Waals surface area contributed by atoms with Gasteiger partial charge in [-0.25, -0.2) is 0 Å². The van der Waals surface area contributed by atoms with Gasteiger partial charge in [-0.2, -0.15) is 0 Å². The molecular weight excluding hydrogens is 240 g/mol. The first-order valence-electron chi connectivity index (χ1n) is 7.71. The highest BCUT2D eigenvalue weighted by Crippen LogP contribution is 2.36. The number of hydrogen-bond acceptors (Lipinski definition) is 3. The van der Waals surface area contributed by atoms with Crippen LogP contribution in [0.3, 0.4) is 0 Å². The summed E-state index contributed by atoms with van der Waals surface area (Å²) in [7, 11) is 0. The average molecular weight is 268 g/mol. The van der Waals surface area contributed by atoms with E-state index in [4.69, 9.17) is 0 Å². The van der Waals surface area contributed by atoms with Crippen LogP contribution in [-0.4, -0.2) is 46.2 Å². The number of rotatable bonds is 4. The summed E-state index contributed by atoms with van der Waals surface area (Å²) < 4.78 is 0. The second-order valence-corrected chi connectivity index (χ2v) is 6.67. The molecule has 0 aromatic rings. The molecular formula is C15H28N2O2. The van der Waals surface area contributed by atoms with Gasteiger partial charge in [-0.3, -0.25) is 15.0 Å². The minimum atomic E-state index is -0.698. The summed E-state index contributed by atoms with van der Waals surface area (Å²) in [6.07, 6.45) is 6.36. The number of carboxylic acids is 1. The lowest BCUT2D eigenvalue weighted by molar-refractivity contribution is -0.145. The van der Waals surface area contributed by atoms with Crippen molar-refractivity contribution in [1.29, 1.82) is 0 Å². The fraction of sp³-hybridized carbons (Fsp3) is 0.933. The Hall–Kier alpha value is -0.610. The average Bonchev–Trinajstić information content (AvgIpc) is 2.74. The van der Waals surface area contributed by atoms with Crippen LogP contribution < -0.4 is 5.32 Å². The van der Waals surface area contributed by atoms with Crippen LogP contribution in [-0.2, 0) is 4.79 Å². The number of hydrogen-bond donors (Lipinski definition) is 2. The third kappa shape index (κ3) is 3.11. The first-order chi connectivity index (χ1) is 8.94. The van der Waals surface area contributed by atoms with Gasteiger partial charge < -0.3 is 5.11 Å². The Morgan fingerprint density at radius 3 is 2.68 bits per heavy atom. The Morgan fingerprint density at radius 1 is 1.37 bits per heavy atom. The van der Waals surface area contributed by atoms with Crippen LogP contribution in [0.4, 0.5) is 0 Å². The van der Waals surface area contributed by atoms with Gasteiger partial charge in [0.25, 0.3) is 0 Å². The number of nitrogens with zero attached hydrogens (tertiary/aromatic N) is 1. The molecule has 1 aliphatic carbocycles. The van der Waals surface area contributed by atoms with E-state index in [9.17, 15) is 9.90 Å². The molecule has 19 heavy (non-hydrogen) atoms. The Morgan fingerprint density at radius 2 is 2.11 bits per heavy atom. The van der Waals surface area contributed by atoms with Gasteiger partial charge in [0.15, 0.2) is 0 Å². The Kier molecular flexibility index (Phi) is 4.51. The van der Waals surface area contributed by atoms with Crippen LogP contribution >= 0.6 is 0 Å². The SMILES string of the molecule is CC(C)NC1(C(=O)O)CCC(N2CCCCC2C)C1. The van der Waals surface area contributed by atoms with Gasteiger partial charge >= 0.3 is 5.97 Å². The quantitative estimate of drug-likeness (QED) is 0.821. The molecule has 0 amide bonds. The topological polar surface area (TPSA) is 52.6 Å². The van der Waals surface area contributed by atoms with Crippen molar-refractivity contribution in [1.82, 2.24) is 10.2 Å². The van der Waals surface area contributed by atoms with Crippen LogP contribution in [0.15, 0.2) is 0 Å². The van der Waals surface area contributed by atoms with E-state index < -0.39 is 11.5 Å². The number of carbonyl (C=O) groups is 1. The van der Waals surface area contributed by atoms with Gasteiger partial charge in [-0.15, -0.1) is 0 Å². The summed E-state index contributed by atoms with van der Waals surface area (Å²) in [5, 5.41) is 12.9. The van der Waals surface area contributed by atoms with Crippen molar-refractivity contribution in [3.63, 3.8) is 0 Å². The van der Waals surface area contributed by atoms with Crippen LogP contribution in [0.1, 0.15) is 59.3 Å². The minimum Gasteiger partial charge on any atom is -0.480 e. The maximum Gasteiger partial charge on any atom is 0.323 e. The first kappa shape index (κ1) is 14.8. The van der Waals surface area contributed by atoms with Crippen LogP contribution in [0.5, 0.6) is 0 Å². The van der Waals surface area contributed by atoms with E-state index in [1.807, 2.05) is 13.8 Å². The van der Waals surface area contributed by atoms with Crippen molar-refractivity contribution in [3.05, 3.63) is 0 Å². The number of aliphatic carboxylic acids is 1. The predicted molar refractivity (Wildman–Crippen MR) is 76.3 cm³/mol. The fourth-order valence-electron chi connectivity index (χ4n) is 3.90. The van der Waals surface area contributed by atoms with Crippen molar-refractivity contribution < 1.29 is 9.90 Å². The zero-order chi connectivity index (χ0) is 14.0. The van der Waals surface area contributed by atoms with Crippen molar-refractivity contribution in [2.75, 3.05) is 6.54 Å². The second kappa shape index (κ2) is 5.80. The number of nitrogens with one attached hydrogen (secondary N) is 1. The molecule has 0 aromatic carbocycles. The highest BCUT2D eigenvalue weighted by molar-refractivity contribution is 5.79. The van der Waals surface area contributed by atoms with E-state index in [-0.39, 0.29) is 6.04 Å². The summed E-state index contributed by atoms with van der Waals surface area (Å²) in [6, 6.07) is 1.27. The highest BCUT2D eigenvalue weighted by atomic mass is 16.4. The molecule has 1 heterocycles. The van der Waals surface area contributed by atoms with Crippen LogP contribution in [0, 0.1) is 0 Å². The molecule has 3 atom stereocenters. The molecule has 4 nitrogen and oxygen atoms in total. The number of likely N-dealkylation sites (tertiary alicyclic amines) is 1. The summed E-state index contributed by atoms with van der Waals surface area (Å²) in [5.41, 5.74) is -0.698. The summed E-state index contributed by atoms with van der Waals surface area (Å²) in [5.74, 6) is -0.673. The molecule has 0 aromatic heterocycles. The molecule has 1 aliphatic heterocycles. The van der Waals surface area contributed by atoms with E-state index in [1.54, 1.807) is 0 Å². The van der Waals surface area contributed by atoms with Gasteiger partial charge in [0.05, 0.1) is 0 Å². The maximum atomic E-state index is 11.7. The zero-order valence-corrected chi connectivity index (χ0v) is 12.5. The van der Waals surface area contributed by atoms with E-state index in [2.05, 4.69) is 17.1 Å². The molecule has 3 unspecified atom stereocenters. The minimum absolute atomic E-state index is 0.216. The fourth-order valence-corrected chi connectivity index (χ4v) is 3.90. The third-order valence-corrected chi connectivity index (χ3v) is 4.79. The van der Waals surface area contributed by atoms with Gasteiger partial charge in [0, 0.05) is 18.1 Å². The molecule has 4 heteroatoms. The van der Waals surface area contributed by atoms with E-state index in [0.29, 0.717) is 12.1 Å². The molecule has 0 bridgehead atoms. The molecule has 1 saturated heterocycles. The second-order valence-electron chi connectivity index (χ2n) is 6.67. The molecule has 0 spiro atoms. The van der Waals surface area contributed by atoms with Gasteiger partial charge in [0.2, 0.25) is 0 Å². The molecule has 2 aliphatic rings. The number of carboxylic acid groups (broad SMARTS) is 1. The standard InChI is InChI=1S/C15H28N2O2/c1-11(2)16-15(14(18)19)8-7-13(10-15)17-9-5-4-6-12(17)3/h11-13,16H,4-10H2,1-3H3,(H,18,19). The van der Waals surface area contributed by atoms with Crippen molar-refractivity contribution >= 4 is 5.97 Å². The lowest BCUT2D eigenvalue weighted by Crippen LogP contribution is -2.54. The molecule has 2 N–H and O–H groups in total. The summed E-state index contributed by atoms with van der Waals surface area (Å²) >= 11 is 0. The molecule has 2 fully saturated rings.